The fraction of sp³-hybridized carbons (Fsp3) is 0. The highest BCUT2D eigenvalue weighted by Crippen LogP contribution is 2.39. The number of hydrogen-bond donors (Lipinski definition) is 1. The first-order chi connectivity index (χ1) is 8.45. The minimum Gasteiger partial charge on any atom is -0.200 e. The number of rotatable bonds is 2. The quantitative estimate of drug-likeness (QED) is 0.793. The van der Waals surface area contributed by atoms with Crippen LogP contribution in [0.4, 0.5) is 0 Å². The van der Waals surface area contributed by atoms with Gasteiger partial charge in [-0.15, -0.1) is 0 Å². The largest absolute Gasteiger partial charge is 0.200 e. The Balaban J connectivity index is 2.11. The molecule has 0 fully saturated rings. The maximum Gasteiger partial charge on any atom is 0.0391 e. The van der Waals surface area contributed by atoms with Crippen LogP contribution in [0.15, 0.2) is 60.0 Å². The molecule has 0 atom stereocenters. The van der Waals surface area contributed by atoms with E-state index >= 15 is 0 Å². The molecular formula is C14H11NS2. The van der Waals surface area contributed by atoms with E-state index in [1.54, 1.807) is 23.9 Å². The molecule has 1 nitrogen and oxygen atoms in total. The van der Waals surface area contributed by atoms with Crippen molar-refractivity contribution in [3.05, 3.63) is 65.6 Å². The van der Waals surface area contributed by atoms with Crippen LogP contribution in [-0.2, 0) is 0 Å². The van der Waals surface area contributed by atoms with Gasteiger partial charge in [0, 0.05) is 10.3 Å². The highest BCUT2D eigenvalue weighted by Gasteiger charge is 2.12. The minimum atomic E-state index is 1.27. The maximum atomic E-state index is 3.19. The average Bonchev–Trinajstić information content (AvgIpc) is 2.94. The first-order valence-corrected chi connectivity index (χ1v) is 7.07. The molecule has 0 saturated carbocycles. The normalized spacial score (nSPS) is 14.7. The molecule has 0 unspecified atom stereocenters. The van der Waals surface area contributed by atoms with Crippen LogP contribution < -0.4 is 4.13 Å². The van der Waals surface area contributed by atoms with Gasteiger partial charge in [-0.1, -0.05) is 54.6 Å². The molecule has 1 heterocycles. The van der Waals surface area contributed by atoms with Crippen molar-refractivity contribution in [2.75, 3.05) is 0 Å². The Morgan fingerprint density at radius 3 is 2.18 bits per heavy atom. The summed E-state index contributed by atoms with van der Waals surface area (Å²) in [6, 6.07) is 19.0. The summed E-state index contributed by atoms with van der Waals surface area (Å²) in [6.45, 7) is 0. The molecule has 1 N–H and O–H groups in total. The predicted molar refractivity (Wildman–Crippen MR) is 78.2 cm³/mol. The van der Waals surface area contributed by atoms with Gasteiger partial charge in [0.25, 0.3) is 0 Å². The van der Waals surface area contributed by atoms with Crippen molar-refractivity contribution < 1.29 is 0 Å². The first kappa shape index (κ1) is 11.0. The molecular weight excluding hydrogens is 246 g/mol. The fourth-order valence-electron chi connectivity index (χ4n) is 1.86. The van der Waals surface area contributed by atoms with Gasteiger partial charge in [-0.2, -0.15) is 4.13 Å². The van der Waals surface area contributed by atoms with Gasteiger partial charge < -0.3 is 0 Å². The Hall–Kier alpha value is -1.16. The summed E-state index contributed by atoms with van der Waals surface area (Å²) in [5.74, 6) is 0. The molecule has 1 aliphatic rings. The van der Waals surface area contributed by atoms with E-state index in [2.05, 4.69) is 58.1 Å². The van der Waals surface area contributed by atoms with Crippen molar-refractivity contribution >= 4 is 28.8 Å². The van der Waals surface area contributed by atoms with Gasteiger partial charge in [0.15, 0.2) is 0 Å². The van der Waals surface area contributed by atoms with Crippen molar-refractivity contribution in [3.8, 4) is 11.1 Å². The van der Waals surface area contributed by atoms with E-state index in [-0.39, 0.29) is 0 Å². The second-order valence-corrected chi connectivity index (χ2v) is 5.48. The lowest BCUT2D eigenvalue weighted by Crippen LogP contribution is -1.87. The van der Waals surface area contributed by atoms with E-state index in [1.165, 1.54) is 21.6 Å². The molecule has 0 radical (unpaired) electrons. The Labute approximate surface area is 110 Å². The molecule has 1 aliphatic heterocycles. The highest BCUT2D eigenvalue weighted by molar-refractivity contribution is 8.22. The zero-order valence-corrected chi connectivity index (χ0v) is 10.7. The van der Waals surface area contributed by atoms with E-state index in [0.717, 1.165) is 0 Å². The van der Waals surface area contributed by atoms with Gasteiger partial charge in [-0.25, -0.2) is 0 Å². The number of nitrogens with one attached hydrogen (secondary N) is 1. The van der Waals surface area contributed by atoms with Crippen molar-refractivity contribution in [3.63, 3.8) is 0 Å². The Kier molecular flexibility index (Phi) is 3.22. The van der Waals surface area contributed by atoms with Gasteiger partial charge in [0.05, 0.1) is 0 Å². The first-order valence-electron chi connectivity index (χ1n) is 5.37. The van der Waals surface area contributed by atoms with E-state index in [4.69, 9.17) is 0 Å². The summed E-state index contributed by atoms with van der Waals surface area (Å²) in [6.07, 6.45) is 0. The highest BCUT2D eigenvalue weighted by atomic mass is 32.2. The predicted octanol–water partition coefficient (Wildman–Crippen LogP) is 4.55. The molecule has 2 aromatic carbocycles. The van der Waals surface area contributed by atoms with Crippen LogP contribution in [0.25, 0.3) is 16.0 Å². The Bertz CT molecular complexity index is 549. The summed E-state index contributed by atoms with van der Waals surface area (Å²) in [5.41, 5.74) is 3.85. The molecule has 3 rings (SSSR count). The van der Waals surface area contributed by atoms with Gasteiger partial charge in [-0.3, -0.25) is 0 Å². The molecule has 84 valence electrons. The van der Waals surface area contributed by atoms with Gasteiger partial charge in [0.2, 0.25) is 0 Å². The van der Waals surface area contributed by atoms with E-state index in [9.17, 15) is 0 Å². The lowest BCUT2D eigenvalue weighted by molar-refractivity contribution is 1.59. The van der Waals surface area contributed by atoms with Gasteiger partial charge in [-0.05, 0) is 40.6 Å². The third-order valence-electron chi connectivity index (χ3n) is 2.64. The molecule has 0 aromatic heterocycles. The summed E-state index contributed by atoms with van der Waals surface area (Å²) in [7, 11) is 0. The van der Waals surface area contributed by atoms with Crippen molar-refractivity contribution in [2.24, 2.45) is 0 Å². The summed E-state index contributed by atoms with van der Waals surface area (Å²) in [5, 5.41) is 2.16. The van der Waals surface area contributed by atoms with Crippen LogP contribution >= 0.6 is 23.9 Å². The summed E-state index contributed by atoms with van der Waals surface area (Å²) >= 11 is 3.31. The van der Waals surface area contributed by atoms with Crippen LogP contribution in [-0.4, -0.2) is 0 Å². The van der Waals surface area contributed by atoms with Crippen molar-refractivity contribution in [1.82, 2.24) is 4.13 Å². The number of hydrogen-bond acceptors (Lipinski definition) is 3. The zero-order chi connectivity index (χ0) is 11.5. The lowest BCUT2D eigenvalue weighted by Gasteiger charge is -2.09. The fourth-order valence-corrected chi connectivity index (χ4v) is 3.46. The van der Waals surface area contributed by atoms with Crippen LogP contribution in [0, 0.1) is 0 Å². The van der Waals surface area contributed by atoms with Crippen LogP contribution in [0.3, 0.4) is 0 Å². The van der Waals surface area contributed by atoms with E-state index < -0.39 is 0 Å². The second kappa shape index (κ2) is 5.00. The smallest absolute Gasteiger partial charge is 0.0391 e. The number of benzene rings is 2. The third kappa shape index (κ3) is 2.27. The molecule has 0 spiro atoms. The van der Waals surface area contributed by atoms with Crippen LogP contribution in [0.2, 0.25) is 0 Å². The Morgan fingerprint density at radius 2 is 1.47 bits per heavy atom. The van der Waals surface area contributed by atoms with Gasteiger partial charge >= 0.3 is 0 Å². The molecule has 0 bridgehead atoms. The van der Waals surface area contributed by atoms with Crippen LogP contribution in [0.1, 0.15) is 5.56 Å². The molecule has 0 amide bonds. The van der Waals surface area contributed by atoms with Crippen molar-refractivity contribution in [1.29, 1.82) is 0 Å². The molecule has 17 heavy (non-hydrogen) atoms. The monoisotopic (exact) mass is 257 g/mol. The van der Waals surface area contributed by atoms with Crippen LogP contribution in [0.5, 0.6) is 0 Å². The summed E-state index contributed by atoms with van der Waals surface area (Å²) in [4.78, 5) is 1.29. The topological polar surface area (TPSA) is 12.0 Å². The average molecular weight is 257 g/mol. The molecule has 0 saturated heterocycles. The molecule has 3 heteroatoms. The van der Waals surface area contributed by atoms with E-state index in [1.807, 2.05) is 6.07 Å². The lowest BCUT2D eigenvalue weighted by atomic mass is 10.00. The van der Waals surface area contributed by atoms with E-state index in [0.29, 0.717) is 0 Å². The third-order valence-corrected chi connectivity index (χ3v) is 4.42. The maximum absolute atomic E-state index is 3.19. The minimum absolute atomic E-state index is 1.27. The zero-order valence-electron chi connectivity index (χ0n) is 9.09. The Morgan fingerprint density at radius 1 is 0.765 bits per heavy atom. The second-order valence-electron chi connectivity index (χ2n) is 3.70. The summed E-state index contributed by atoms with van der Waals surface area (Å²) < 4.78 is 3.19. The van der Waals surface area contributed by atoms with Gasteiger partial charge in [0.1, 0.15) is 0 Å². The standard InChI is InChI=1S/C14H11NS2/c1-2-6-11(7-3-1)12-8-4-5-9-13(12)14-10-16-15-17-14/h1-10,15H. The molecule has 2 aromatic rings. The van der Waals surface area contributed by atoms with Crippen molar-refractivity contribution in [2.45, 2.75) is 0 Å². The SMILES string of the molecule is C1=C(c2ccccc2-c2ccccc2)SNS1. The molecule has 0 aliphatic carbocycles.